The summed E-state index contributed by atoms with van der Waals surface area (Å²) in [5, 5.41) is 10.9. The zero-order chi connectivity index (χ0) is 12.5. The molecule has 2 rings (SSSR count). The molecule has 1 heterocycles. The first-order chi connectivity index (χ1) is 8.04. The van der Waals surface area contributed by atoms with Gasteiger partial charge in [-0.05, 0) is 38.0 Å². The van der Waals surface area contributed by atoms with Gasteiger partial charge in [-0.25, -0.2) is 0 Å². The lowest BCUT2D eigenvalue weighted by atomic mass is 9.63. The van der Waals surface area contributed by atoms with Crippen molar-refractivity contribution in [3.63, 3.8) is 0 Å². The van der Waals surface area contributed by atoms with E-state index < -0.39 is 11.0 Å². The number of hydrogen-bond acceptors (Lipinski definition) is 4. The second-order valence-corrected chi connectivity index (χ2v) is 5.59. The van der Waals surface area contributed by atoms with Crippen LogP contribution in [0.2, 0.25) is 0 Å². The van der Waals surface area contributed by atoms with E-state index in [1.54, 1.807) is 0 Å². The van der Waals surface area contributed by atoms with Crippen LogP contribution in [0.3, 0.4) is 0 Å². The summed E-state index contributed by atoms with van der Waals surface area (Å²) in [6, 6.07) is 0. The van der Waals surface area contributed by atoms with Gasteiger partial charge < -0.3 is 14.6 Å². The first kappa shape index (κ1) is 12.8. The van der Waals surface area contributed by atoms with E-state index in [4.69, 9.17) is 9.47 Å². The van der Waals surface area contributed by atoms with Crippen LogP contribution in [-0.2, 0) is 14.3 Å². The van der Waals surface area contributed by atoms with Crippen LogP contribution in [0.5, 0.6) is 0 Å². The number of ether oxygens (including phenoxy) is 2. The maximum atomic E-state index is 12.1. The molecule has 17 heavy (non-hydrogen) atoms. The van der Waals surface area contributed by atoms with Gasteiger partial charge in [-0.1, -0.05) is 6.92 Å². The van der Waals surface area contributed by atoms with E-state index in [0.717, 1.165) is 12.8 Å². The largest absolute Gasteiger partial charge is 0.468 e. The van der Waals surface area contributed by atoms with Crippen molar-refractivity contribution >= 4 is 5.97 Å². The Morgan fingerprint density at radius 3 is 2.47 bits per heavy atom. The molecule has 4 heteroatoms. The Hall–Kier alpha value is -0.610. The number of esters is 1. The minimum Gasteiger partial charge on any atom is -0.468 e. The van der Waals surface area contributed by atoms with Crippen molar-refractivity contribution in [1.82, 2.24) is 0 Å². The highest BCUT2D eigenvalue weighted by Crippen LogP contribution is 2.49. The van der Waals surface area contributed by atoms with Crippen LogP contribution in [-0.4, -0.2) is 37.0 Å². The van der Waals surface area contributed by atoms with E-state index in [2.05, 4.69) is 6.92 Å². The van der Waals surface area contributed by atoms with Crippen LogP contribution in [0, 0.1) is 11.3 Å². The third-order valence-electron chi connectivity index (χ3n) is 4.59. The molecular formula is C13H22O4. The van der Waals surface area contributed by atoms with E-state index >= 15 is 0 Å². The molecule has 0 radical (unpaired) electrons. The Labute approximate surface area is 102 Å². The van der Waals surface area contributed by atoms with Crippen molar-refractivity contribution in [2.75, 3.05) is 20.3 Å². The summed E-state index contributed by atoms with van der Waals surface area (Å²) in [5.74, 6) is 0.319. The summed E-state index contributed by atoms with van der Waals surface area (Å²) < 4.78 is 10.3. The van der Waals surface area contributed by atoms with Crippen LogP contribution < -0.4 is 0 Å². The number of rotatable bonds is 2. The molecule has 0 bridgehead atoms. The predicted molar refractivity (Wildman–Crippen MR) is 62.5 cm³/mol. The van der Waals surface area contributed by atoms with Gasteiger partial charge in [0.25, 0.3) is 0 Å². The molecule has 0 aromatic heterocycles. The van der Waals surface area contributed by atoms with Crippen molar-refractivity contribution in [3.05, 3.63) is 0 Å². The minimum absolute atomic E-state index is 0.296. The van der Waals surface area contributed by atoms with Crippen LogP contribution in [0.15, 0.2) is 0 Å². The lowest BCUT2D eigenvalue weighted by molar-refractivity contribution is -0.179. The first-order valence-electron chi connectivity index (χ1n) is 6.43. The standard InChI is InChI=1S/C13H22O4/c1-10-3-5-13(15,6-4-10)12(11(14)16-2)7-8-17-9-12/h10,15H,3-9H2,1-2H3. The molecular weight excluding hydrogens is 220 g/mol. The molecule has 0 amide bonds. The summed E-state index contributed by atoms with van der Waals surface area (Å²) in [4.78, 5) is 12.1. The molecule has 1 unspecified atom stereocenters. The maximum Gasteiger partial charge on any atom is 0.317 e. The fourth-order valence-electron chi connectivity index (χ4n) is 3.20. The Balaban J connectivity index is 2.24. The van der Waals surface area contributed by atoms with E-state index in [9.17, 15) is 9.90 Å². The van der Waals surface area contributed by atoms with Crippen molar-refractivity contribution in [2.45, 2.75) is 44.6 Å². The number of carbonyl (C=O) groups excluding carboxylic acids is 1. The van der Waals surface area contributed by atoms with Gasteiger partial charge in [0.1, 0.15) is 5.41 Å². The lowest BCUT2D eigenvalue weighted by Crippen LogP contribution is -2.55. The van der Waals surface area contributed by atoms with Crippen LogP contribution in [0.1, 0.15) is 39.0 Å². The SMILES string of the molecule is COC(=O)C1(C2(O)CCC(C)CC2)CCOC1. The van der Waals surface area contributed by atoms with E-state index in [-0.39, 0.29) is 5.97 Å². The molecule has 1 atom stereocenters. The van der Waals surface area contributed by atoms with Gasteiger partial charge in [0.2, 0.25) is 0 Å². The summed E-state index contributed by atoms with van der Waals surface area (Å²) >= 11 is 0. The van der Waals surface area contributed by atoms with Crippen molar-refractivity contribution < 1.29 is 19.4 Å². The molecule has 4 nitrogen and oxygen atoms in total. The Morgan fingerprint density at radius 1 is 1.35 bits per heavy atom. The summed E-state index contributed by atoms with van der Waals surface area (Å²) in [5.41, 5.74) is -1.77. The molecule has 1 aliphatic carbocycles. The highest BCUT2D eigenvalue weighted by atomic mass is 16.5. The molecule has 1 saturated carbocycles. The number of hydrogen-bond donors (Lipinski definition) is 1. The number of aliphatic hydroxyl groups is 1. The van der Waals surface area contributed by atoms with Gasteiger partial charge in [-0.2, -0.15) is 0 Å². The Bertz CT molecular complexity index is 286. The van der Waals surface area contributed by atoms with Gasteiger partial charge >= 0.3 is 5.97 Å². The Kier molecular flexibility index (Phi) is 3.46. The van der Waals surface area contributed by atoms with Crippen LogP contribution in [0.4, 0.5) is 0 Å². The smallest absolute Gasteiger partial charge is 0.317 e. The zero-order valence-electron chi connectivity index (χ0n) is 10.7. The van der Waals surface area contributed by atoms with Gasteiger partial charge in [0.05, 0.1) is 19.3 Å². The summed E-state index contributed by atoms with van der Waals surface area (Å²) in [6.07, 6.45) is 3.86. The third-order valence-corrected chi connectivity index (χ3v) is 4.59. The second-order valence-electron chi connectivity index (χ2n) is 5.59. The quantitative estimate of drug-likeness (QED) is 0.746. The lowest BCUT2D eigenvalue weighted by Gasteiger charge is -2.45. The van der Waals surface area contributed by atoms with Crippen molar-refractivity contribution in [1.29, 1.82) is 0 Å². The summed E-state index contributed by atoms with van der Waals surface area (Å²) in [6.45, 7) is 3.02. The number of carbonyl (C=O) groups is 1. The molecule has 0 spiro atoms. The predicted octanol–water partition coefficient (Wildman–Crippen LogP) is 1.51. The molecule has 0 aromatic rings. The fraction of sp³-hybridized carbons (Fsp3) is 0.923. The molecule has 2 fully saturated rings. The normalized spacial score (nSPS) is 42.4. The Morgan fingerprint density at radius 2 is 2.00 bits per heavy atom. The maximum absolute atomic E-state index is 12.1. The van der Waals surface area contributed by atoms with Crippen molar-refractivity contribution in [3.8, 4) is 0 Å². The monoisotopic (exact) mass is 242 g/mol. The third kappa shape index (κ3) is 1.97. The molecule has 1 N–H and O–H groups in total. The average molecular weight is 242 g/mol. The van der Waals surface area contributed by atoms with E-state index in [0.29, 0.717) is 38.4 Å². The minimum atomic E-state index is -0.941. The second kappa shape index (κ2) is 4.58. The zero-order valence-corrected chi connectivity index (χ0v) is 10.7. The molecule has 1 saturated heterocycles. The molecule has 2 aliphatic rings. The highest BCUT2D eigenvalue weighted by Gasteiger charge is 2.59. The molecule has 0 aromatic carbocycles. The average Bonchev–Trinajstić information content (AvgIpc) is 2.83. The molecule has 1 aliphatic heterocycles. The van der Waals surface area contributed by atoms with Gasteiger partial charge in [-0.15, -0.1) is 0 Å². The molecule has 98 valence electrons. The van der Waals surface area contributed by atoms with Crippen LogP contribution in [0.25, 0.3) is 0 Å². The van der Waals surface area contributed by atoms with Gasteiger partial charge in [0, 0.05) is 6.61 Å². The highest BCUT2D eigenvalue weighted by molar-refractivity contribution is 5.79. The first-order valence-corrected chi connectivity index (χ1v) is 6.43. The number of methoxy groups -OCH3 is 1. The van der Waals surface area contributed by atoms with Crippen molar-refractivity contribution in [2.24, 2.45) is 11.3 Å². The van der Waals surface area contributed by atoms with Gasteiger partial charge in [0.15, 0.2) is 0 Å². The summed E-state index contributed by atoms with van der Waals surface area (Å²) in [7, 11) is 1.39. The fourth-order valence-corrected chi connectivity index (χ4v) is 3.20. The van der Waals surface area contributed by atoms with E-state index in [1.165, 1.54) is 7.11 Å². The topological polar surface area (TPSA) is 55.8 Å². The van der Waals surface area contributed by atoms with E-state index in [1.807, 2.05) is 0 Å². The van der Waals surface area contributed by atoms with Crippen LogP contribution >= 0.6 is 0 Å². The van der Waals surface area contributed by atoms with Gasteiger partial charge in [-0.3, -0.25) is 4.79 Å².